The molecular formula is C27H23N3O. The number of carbonyl (C=O) groups excluding carboxylic acids is 1. The van der Waals surface area contributed by atoms with Crippen LogP contribution in [0.1, 0.15) is 27.0 Å². The lowest BCUT2D eigenvalue weighted by atomic mass is 10.0. The molecule has 0 saturated carbocycles. The molecule has 0 aromatic heterocycles. The minimum atomic E-state index is -0.0260. The summed E-state index contributed by atoms with van der Waals surface area (Å²) < 4.78 is 0. The van der Waals surface area contributed by atoms with Crippen molar-refractivity contribution in [1.29, 1.82) is 5.26 Å². The molecular weight excluding hydrogens is 382 g/mol. The maximum Gasteiger partial charge on any atom is 0.253 e. The van der Waals surface area contributed by atoms with Gasteiger partial charge in [-0.1, -0.05) is 54.6 Å². The summed E-state index contributed by atoms with van der Waals surface area (Å²) in [5.74, 6) is -0.0260. The van der Waals surface area contributed by atoms with Crippen LogP contribution in [0.3, 0.4) is 0 Å². The number of benzene rings is 4. The molecule has 0 heterocycles. The fourth-order valence-electron chi connectivity index (χ4n) is 3.76. The van der Waals surface area contributed by atoms with Gasteiger partial charge in [0.05, 0.1) is 11.6 Å². The van der Waals surface area contributed by atoms with Crippen LogP contribution in [-0.4, -0.2) is 17.9 Å². The first-order valence-corrected chi connectivity index (χ1v) is 10.2. The van der Waals surface area contributed by atoms with Crippen molar-refractivity contribution < 1.29 is 4.79 Å². The van der Waals surface area contributed by atoms with Crippen LogP contribution in [0.2, 0.25) is 0 Å². The summed E-state index contributed by atoms with van der Waals surface area (Å²) in [5, 5.41) is 11.2. The van der Waals surface area contributed by atoms with Crippen molar-refractivity contribution in [2.75, 3.05) is 7.05 Å². The number of nitrogens with zero attached hydrogens (tertiary/aromatic N) is 2. The molecule has 0 aliphatic rings. The van der Waals surface area contributed by atoms with Crippen LogP contribution in [-0.2, 0) is 13.1 Å². The highest BCUT2D eigenvalue weighted by molar-refractivity contribution is 5.95. The van der Waals surface area contributed by atoms with Crippen molar-refractivity contribution in [3.8, 4) is 17.2 Å². The monoisotopic (exact) mass is 405 g/mol. The normalized spacial score (nSPS) is 10.6. The van der Waals surface area contributed by atoms with E-state index in [1.165, 1.54) is 0 Å². The minimum Gasteiger partial charge on any atom is -0.337 e. The predicted octanol–water partition coefficient (Wildman–Crippen LogP) is 5.11. The number of nitrogens with two attached hydrogens (primary N) is 1. The lowest BCUT2D eigenvalue weighted by Gasteiger charge is -2.19. The quantitative estimate of drug-likeness (QED) is 0.502. The molecule has 4 aromatic carbocycles. The van der Waals surface area contributed by atoms with E-state index in [0.717, 1.165) is 33.0 Å². The van der Waals surface area contributed by atoms with Crippen molar-refractivity contribution >= 4 is 16.7 Å². The van der Waals surface area contributed by atoms with Gasteiger partial charge in [-0.15, -0.1) is 0 Å². The van der Waals surface area contributed by atoms with Crippen LogP contribution in [0, 0.1) is 11.3 Å². The van der Waals surface area contributed by atoms with Crippen LogP contribution < -0.4 is 5.73 Å². The lowest BCUT2D eigenvalue weighted by molar-refractivity contribution is 0.0785. The zero-order chi connectivity index (χ0) is 21.8. The molecule has 0 bridgehead atoms. The average molecular weight is 406 g/mol. The zero-order valence-corrected chi connectivity index (χ0v) is 17.4. The van der Waals surface area contributed by atoms with Crippen LogP contribution in [0.5, 0.6) is 0 Å². The van der Waals surface area contributed by atoms with Gasteiger partial charge in [0.1, 0.15) is 0 Å². The van der Waals surface area contributed by atoms with E-state index >= 15 is 0 Å². The van der Waals surface area contributed by atoms with Gasteiger partial charge in [0, 0.05) is 25.7 Å². The number of rotatable bonds is 5. The number of amides is 1. The molecule has 4 aromatic rings. The summed E-state index contributed by atoms with van der Waals surface area (Å²) in [6, 6.07) is 29.5. The lowest BCUT2D eigenvalue weighted by Crippen LogP contribution is -2.26. The maximum atomic E-state index is 13.0. The molecule has 0 spiro atoms. The van der Waals surface area contributed by atoms with Gasteiger partial charge in [-0.05, 0) is 63.4 Å². The summed E-state index contributed by atoms with van der Waals surface area (Å²) in [4.78, 5) is 14.7. The number of carbonyl (C=O) groups is 1. The molecule has 31 heavy (non-hydrogen) atoms. The van der Waals surface area contributed by atoms with E-state index in [1.54, 1.807) is 17.0 Å². The molecule has 4 rings (SSSR count). The van der Waals surface area contributed by atoms with E-state index in [2.05, 4.69) is 30.3 Å². The standard InChI is InChI=1S/C27H23N3O/c1-30(18-25-4-2-3-24-15-20(17-29)7-14-26(24)25)27(31)23-12-10-22(11-13-23)21-8-5-19(16-28)6-9-21/h2-15H,17-18,29H2,1H3. The predicted molar refractivity (Wildman–Crippen MR) is 124 cm³/mol. The van der Waals surface area contributed by atoms with Crippen LogP contribution in [0.25, 0.3) is 21.9 Å². The second kappa shape index (κ2) is 8.83. The topological polar surface area (TPSA) is 70.1 Å². The summed E-state index contributed by atoms with van der Waals surface area (Å²) in [6.07, 6.45) is 0. The van der Waals surface area contributed by atoms with Gasteiger partial charge in [0.15, 0.2) is 0 Å². The van der Waals surface area contributed by atoms with Gasteiger partial charge < -0.3 is 10.6 Å². The highest BCUT2D eigenvalue weighted by Gasteiger charge is 2.14. The Kier molecular flexibility index (Phi) is 5.79. The molecule has 0 aliphatic heterocycles. The largest absolute Gasteiger partial charge is 0.337 e. The van der Waals surface area contributed by atoms with Gasteiger partial charge >= 0.3 is 0 Å². The van der Waals surface area contributed by atoms with Crippen LogP contribution in [0.15, 0.2) is 84.9 Å². The summed E-state index contributed by atoms with van der Waals surface area (Å²) in [6.45, 7) is 1.03. The van der Waals surface area contributed by atoms with E-state index in [4.69, 9.17) is 11.0 Å². The third kappa shape index (κ3) is 4.32. The Balaban J connectivity index is 1.52. The first kappa shape index (κ1) is 20.3. The molecule has 1 amide bonds. The van der Waals surface area contributed by atoms with E-state index in [1.807, 2.05) is 55.6 Å². The molecule has 0 radical (unpaired) electrons. The molecule has 0 saturated heterocycles. The van der Waals surface area contributed by atoms with Crippen LogP contribution in [0.4, 0.5) is 0 Å². The number of hydrogen-bond donors (Lipinski definition) is 1. The molecule has 0 unspecified atom stereocenters. The van der Waals surface area contributed by atoms with E-state index < -0.39 is 0 Å². The molecule has 0 fully saturated rings. The third-order valence-corrected chi connectivity index (χ3v) is 5.50. The Bertz CT molecular complexity index is 1270. The molecule has 0 aliphatic carbocycles. The first-order chi connectivity index (χ1) is 15.1. The Morgan fingerprint density at radius 1 is 0.935 bits per heavy atom. The Morgan fingerprint density at radius 2 is 1.61 bits per heavy atom. The van der Waals surface area contributed by atoms with Crippen molar-refractivity contribution in [2.45, 2.75) is 13.1 Å². The third-order valence-electron chi connectivity index (χ3n) is 5.50. The van der Waals surface area contributed by atoms with E-state index in [-0.39, 0.29) is 5.91 Å². The molecule has 152 valence electrons. The van der Waals surface area contributed by atoms with E-state index in [0.29, 0.717) is 24.2 Å². The molecule has 4 heteroatoms. The van der Waals surface area contributed by atoms with Crippen molar-refractivity contribution in [3.05, 3.63) is 107 Å². The number of fused-ring (bicyclic) bond motifs is 1. The summed E-state index contributed by atoms with van der Waals surface area (Å²) in [5.41, 5.74) is 11.2. The van der Waals surface area contributed by atoms with Gasteiger partial charge in [0.2, 0.25) is 0 Å². The van der Waals surface area contributed by atoms with Crippen molar-refractivity contribution in [3.63, 3.8) is 0 Å². The van der Waals surface area contributed by atoms with Crippen molar-refractivity contribution in [2.24, 2.45) is 5.73 Å². The Morgan fingerprint density at radius 3 is 2.26 bits per heavy atom. The van der Waals surface area contributed by atoms with Gasteiger partial charge in [-0.3, -0.25) is 4.79 Å². The summed E-state index contributed by atoms with van der Waals surface area (Å²) >= 11 is 0. The fraction of sp³-hybridized carbons (Fsp3) is 0.111. The number of nitriles is 1. The smallest absolute Gasteiger partial charge is 0.253 e. The highest BCUT2D eigenvalue weighted by Crippen LogP contribution is 2.23. The Labute approximate surface area is 182 Å². The SMILES string of the molecule is CN(Cc1cccc2cc(CN)ccc12)C(=O)c1ccc(-c2ccc(C#N)cc2)cc1. The molecule has 2 N–H and O–H groups in total. The van der Waals surface area contributed by atoms with Gasteiger partial charge in [0.25, 0.3) is 5.91 Å². The zero-order valence-electron chi connectivity index (χ0n) is 17.4. The average Bonchev–Trinajstić information content (AvgIpc) is 2.83. The van der Waals surface area contributed by atoms with Gasteiger partial charge in [-0.25, -0.2) is 0 Å². The highest BCUT2D eigenvalue weighted by atomic mass is 16.2. The molecule has 4 nitrogen and oxygen atoms in total. The Hall–Kier alpha value is -3.94. The number of hydrogen-bond acceptors (Lipinski definition) is 3. The van der Waals surface area contributed by atoms with Gasteiger partial charge in [-0.2, -0.15) is 5.26 Å². The minimum absolute atomic E-state index is 0.0260. The summed E-state index contributed by atoms with van der Waals surface area (Å²) in [7, 11) is 1.82. The fourth-order valence-corrected chi connectivity index (χ4v) is 3.76. The van der Waals surface area contributed by atoms with Crippen LogP contribution >= 0.6 is 0 Å². The maximum absolute atomic E-state index is 13.0. The van der Waals surface area contributed by atoms with Crippen molar-refractivity contribution in [1.82, 2.24) is 4.90 Å². The second-order valence-corrected chi connectivity index (χ2v) is 7.60. The second-order valence-electron chi connectivity index (χ2n) is 7.60. The first-order valence-electron chi connectivity index (χ1n) is 10.2. The molecule has 0 atom stereocenters. The van der Waals surface area contributed by atoms with E-state index in [9.17, 15) is 4.79 Å².